The van der Waals surface area contributed by atoms with E-state index in [1.165, 1.54) is 0 Å². The molecule has 2 aromatic rings. The molecule has 0 aliphatic heterocycles. The van der Waals surface area contributed by atoms with E-state index in [9.17, 15) is 0 Å². The molecule has 0 amide bonds. The molecule has 0 fully saturated rings. The van der Waals surface area contributed by atoms with Crippen LogP contribution in [0.25, 0.3) is 0 Å². The SMILES string of the molecule is CC(C)N([C]N(c1ccccc1)c1ccccc1)C(C)C. The Bertz CT molecular complexity index is 472. The van der Waals surface area contributed by atoms with Crippen LogP contribution in [0.3, 0.4) is 0 Å². The van der Waals surface area contributed by atoms with Crippen LogP contribution in [0.5, 0.6) is 0 Å². The molecule has 2 rings (SSSR count). The molecule has 0 aromatic heterocycles. The maximum atomic E-state index is 3.55. The van der Waals surface area contributed by atoms with Crippen molar-refractivity contribution in [1.82, 2.24) is 4.90 Å². The minimum atomic E-state index is 0.403. The standard InChI is InChI=1S/C19H24N2/c1-16(2)20(17(3)4)15-21(18-11-7-5-8-12-18)19-13-9-6-10-14-19/h5-14,16-17H,1-4H3. The lowest BCUT2D eigenvalue weighted by Gasteiger charge is -2.35. The first-order valence-corrected chi connectivity index (χ1v) is 7.54. The van der Waals surface area contributed by atoms with Crippen molar-refractivity contribution in [3.05, 3.63) is 67.3 Å². The molecule has 0 saturated heterocycles. The Morgan fingerprint density at radius 1 is 0.667 bits per heavy atom. The summed E-state index contributed by atoms with van der Waals surface area (Å²) in [5, 5.41) is 0. The maximum Gasteiger partial charge on any atom is 0.182 e. The molecule has 0 N–H and O–H groups in total. The number of hydrogen-bond acceptors (Lipinski definition) is 2. The fourth-order valence-electron chi connectivity index (χ4n) is 2.36. The van der Waals surface area contributed by atoms with Crippen LogP contribution in [0.1, 0.15) is 27.7 Å². The number of para-hydroxylation sites is 2. The van der Waals surface area contributed by atoms with Crippen molar-refractivity contribution in [2.75, 3.05) is 4.90 Å². The zero-order valence-electron chi connectivity index (χ0n) is 13.3. The first-order valence-electron chi connectivity index (χ1n) is 7.54. The Hall–Kier alpha value is -1.80. The Labute approximate surface area is 129 Å². The van der Waals surface area contributed by atoms with Gasteiger partial charge in [0.2, 0.25) is 0 Å². The Morgan fingerprint density at radius 2 is 1.05 bits per heavy atom. The summed E-state index contributed by atoms with van der Waals surface area (Å²) in [6.45, 7) is 12.3. The molecule has 0 aliphatic carbocycles. The summed E-state index contributed by atoms with van der Waals surface area (Å²) in [7, 11) is 0. The van der Waals surface area contributed by atoms with Gasteiger partial charge in [0.15, 0.2) is 6.67 Å². The van der Waals surface area contributed by atoms with Crippen LogP contribution in [0.2, 0.25) is 0 Å². The normalized spacial score (nSPS) is 11.4. The predicted octanol–water partition coefficient (Wildman–Crippen LogP) is 4.94. The molecule has 110 valence electrons. The Morgan fingerprint density at radius 3 is 1.38 bits per heavy atom. The average molecular weight is 280 g/mol. The molecule has 0 heterocycles. The van der Waals surface area contributed by atoms with Gasteiger partial charge in [-0.3, -0.25) is 4.90 Å². The summed E-state index contributed by atoms with van der Waals surface area (Å²) < 4.78 is 0. The lowest BCUT2D eigenvalue weighted by atomic mass is 10.2. The van der Waals surface area contributed by atoms with Crippen molar-refractivity contribution in [3.63, 3.8) is 0 Å². The first-order chi connectivity index (χ1) is 10.1. The van der Waals surface area contributed by atoms with Crippen molar-refractivity contribution < 1.29 is 0 Å². The van der Waals surface area contributed by atoms with Gasteiger partial charge >= 0.3 is 0 Å². The second kappa shape index (κ2) is 7.28. The van der Waals surface area contributed by atoms with Gasteiger partial charge in [0.1, 0.15) is 0 Å². The summed E-state index contributed by atoms with van der Waals surface area (Å²) >= 11 is 0. The van der Waals surface area contributed by atoms with E-state index in [2.05, 4.69) is 92.7 Å². The molecule has 0 atom stereocenters. The minimum absolute atomic E-state index is 0.403. The highest BCUT2D eigenvalue weighted by Crippen LogP contribution is 2.28. The van der Waals surface area contributed by atoms with E-state index in [0.717, 1.165) is 11.4 Å². The summed E-state index contributed by atoms with van der Waals surface area (Å²) in [5.41, 5.74) is 2.24. The quantitative estimate of drug-likeness (QED) is 0.691. The average Bonchev–Trinajstić information content (AvgIpc) is 2.49. The van der Waals surface area contributed by atoms with E-state index in [0.29, 0.717) is 12.1 Å². The molecular weight excluding hydrogens is 256 g/mol. The Kier molecular flexibility index (Phi) is 5.40. The summed E-state index contributed by atoms with van der Waals surface area (Å²) in [6.07, 6.45) is 0. The summed E-state index contributed by atoms with van der Waals surface area (Å²) in [6, 6.07) is 21.5. The molecular formula is C19H24N2. The number of rotatable bonds is 6. The highest BCUT2D eigenvalue weighted by molar-refractivity contribution is 5.64. The van der Waals surface area contributed by atoms with E-state index >= 15 is 0 Å². The van der Waals surface area contributed by atoms with E-state index in [1.807, 2.05) is 12.1 Å². The molecule has 0 saturated carbocycles. The fraction of sp³-hybridized carbons (Fsp3) is 0.316. The number of anilines is 2. The van der Waals surface area contributed by atoms with Gasteiger partial charge in [-0.1, -0.05) is 36.4 Å². The van der Waals surface area contributed by atoms with Gasteiger partial charge in [-0.2, -0.15) is 0 Å². The van der Waals surface area contributed by atoms with Gasteiger partial charge in [0.05, 0.1) is 0 Å². The molecule has 21 heavy (non-hydrogen) atoms. The zero-order chi connectivity index (χ0) is 15.2. The molecule has 0 unspecified atom stereocenters. The second-order valence-electron chi connectivity index (χ2n) is 5.70. The highest BCUT2D eigenvalue weighted by atomic mass is 15.3. The lowest BCUT2D eigenvalue weighted by molar-refractivity contribution is 0.221. The maximum absolute atomic E-state index is 3.55. The summed E-state index contributed by atoms with van der Waals surface area (Å²) in [4.78, 5) is 4.38. The van der Waals surface area contributed by atoms with Gasteiger partial charge < -0.3 is 4.90 Å². The molecule has 0 spiro atoms. The summed E-state index contributed by atoms with van der Waals surface area (Å²) in [5.74, 6) is 0. The third-order valence-electron chi connectivity index (χ3n) is 3.36. The van der Waals surface area contributed by atoms with Crippen LogP contribution in [0, 0.1) is 6.67 Å². The van der Waals surface area contributed by atoms with E-state index < -0.39 is 0 Å². The van der Waals surface area contributed by atoms with Gasteiger partial charge in [0, 0.05) is 23.5 Å². The molecule has 2 heteroatoms. The minimum Gasteiger partial charge on any atom is -0.315 e. The number of hydrogen-bond donors (Lipinski definition) is 0. The Balaban J connectivity index is 2.33. The zero-order valence-corrected chi connectivity index (χ0v) is 13.3. The third kappa shape index (κ3) is 4.08. The molecule has 2 radical (unpaired) electrons. The molecule has 0 aliphatic rings. The van der Waals surface area contributed by atoms with Crippen LogP contribution < -0.4 is 4.90 Å². The molecule has 0 bridgehead atoms. The smallest absolute Gasteiger partial charge is 0.182 e. The largest absolute Gasteiger partial charge is 0.315 e. The van der Waals surface area contributed by atoms with E-state index in [1.54, 1.807) is 0 Å². The van der Waals surface area contributed by atoms with Crippen LogP contribution in [-0.4, -0.2) is 17.0 Å². The van der Waals surface area contributed by atoms with Gasteiger partial charge in [-0.15, -0.1) is 0 Å². The van der Waals surface area contributed by atoms with E-state index in [4.69, 9.17) is 0 Å². The molecule has 2 aromatic carbocycles. The third-order valence-corrected chi connectivity index (χ3v) is 3.36. The second-order valence-corrected chi connectivity index (χ2v) is 5.70. The van der Waals surface area contributed by atoms with Crippen LogP contribution >= 0.6 is 0 Å². The number of benzene rings is 2. The van der Waals surface area contributed by atoms with Crippen molar-refractivity contribution in [2.45, 2.75) is 39.8 Å². The lowest BCUT2D eigenvalue weighted by Crippen LogP contribution is -2.39. The first kappa shape index (κ1) is 15.6. The monoisotopic (exact) mass is 280 g/mol. The van der Waals surface area contributed by atoms with Crippen LogP contribution in [-0.2, 0) is 0 Å². The predicted molar refractivity (Wildman–Crippen MR) is 90.4 cm³/mol. The van der Waals surface area contributed by atoms with Crippen molar-refractivity contribution in [1.29, 1.82) is 0 Å². The van der Waals surface area contributed by atoms with Gasteiger partial charge in [-0.25, -0.2) is 0 Å². The van der Waals surface area contributed by atoms with Crippen LogP contribution in [0.15, 0.2) is 60.7 Å². The van der Waals surface area contributed by atoms with Gasteiger partial charge in [-0.05, 0) is 52.0 Å². The number of nitrogens with zero attached hydrogens (tertiary/aromatic N) is 2. The fourth-order valence-corrected chi connectivity index (χ4v) is 2.36. The van der Waals surface area contributed by atoms with E-state index in [-0.39, 0.29) is 0 Å². The highest BCUT2D eigenvalue weighted by Gasteiger charge is 2.20. The van der Waals surface area contributed by atoms with Crippen LogP contribution in [0.4, 0.5) is 11.4 Å². The molecule has 2 nitrogen and oxygen atoms in total. The van der Waals surface area contributed by atoms with Crippen molar-refractivity contribution in [2.24, 2.45) is 0 Å². The topological polar surface area (TPSA) is 6.48 Å². The van der Waals surface area contributed by atoms with Crippen molar-refractivity contribution >= 4 is 11.4 Å². The van der Waals surface area contributed by atoms with Gasteiger partial charge in [0.25, 0.3) is 0 Å². The van der Waals surface area contributed by atoms with Crippen molar-refractivity contribution in [3.8, 4) is 0 Å².